The number of nitrogens with one attached hydrogen (secondary N) is 1. The van der Waals surface area contributed by atoms with Gasteiger partial charge < -0.3 is 10.1 Å². The van der Waals surface area contributed by atoms with E-state index >= 15 is 0 Å². The lowest BCUT2D eigenvalue weighted by atomic mass is 9.99. The van der Waals surface area contributed by atoms with Gasteiger partial charge in [-0.15, -0.1) is 0 Å². The van der Waals surface area contributed by atoms with E-state index in [0.717, 1.165) is 36.5 Å². The second-order valence-corrected chi connectivity index (χ2v) is 13.9. The predicted molar refractivity (Wildman–Crippen MR) is 213 cm³/mol. The Bertz CT molecular complexity index is 1950. The number of thioether (sulfide) groups is 1. The molecule has 252 valence electrons. The molecule has 0 unspecified atom stereocenters. The summed E-state index contributed by atoms with van der Waals surface area (Å²) < 4.78 is 7.83. The first kappa shape index (κ1) is 36.8. The largest absolute Gasteiger partial charge is 0.488 e. The molecular weight excluding hydrogens is 825 g/mol. The number of ether oxygens (including phenoxy) is 1. The number of benzene rings is 4. The van der Waals surface area contributed by atoms with E-state index in [1.54, 1.807) is 37.3 Å². The van der Waals surface area contributed by atoms with Crippen LogP contribution in [-0.2, 0) is 21.0 Å². The monoisotopic (exact) mass is 857 g/mol. The average Bonchev–Trinajstić information content (AvgIpc) is 3.13. The molecule has 0 aliphatic carbocycles. The Morgan fingerprint density at radius 1 is 1.00 bits per heavy atom. The van der Waals surface area contributed by atoms with E-state index in [4.69, 9.17) is 4.74 Å². The van der Waals surface area contributed by atoms with E-state index < -0.39 is 11.8 Å². The van der Waals surface area contributed by atoms with Crippen molar-refractivity contribution in [1.82, 2.24) is 10.2 Å². The maximum Gasteiger partial charge on any atom is 0.285 e. The first-order valence-corrected chi connectivity index (χ1v) is 18.5. The second-order valence-electron chi connectivity index (χ2n) is 10.9. The highest BCUT2D eigenvalue weighted by Crippen LogP contribution is 2.29. The standard InChI is InChI=1S/C40H33BrIN3O4S/c1-3-5-16-32(4-2)45-39(48)33(23-28-19-22-35(34(42)24-28)49-25-27-17-20-31(41)21-18-27)38(47)44-40(45)50-26-36(46)43-37(29-12-8-6-9-13-29)30-14-10-7-11-15-30/h3-24,37H,1,25-26H2,2H3,(H,43,46)/b16-5-,32-4+,33-23+. The summed E-state index contributed by atoms with van der Waals surface area (Å²) in [6, 6.07) is 32.3. The Labute approximate surface area is 318 Å². The molecule has 0 spiro atoms. The van der Waals surface area contributed by atoms with E-state index in [-0.39, 0.29) is 28.4 Å². The zero-order valence-corrected chi connectivity index (χ0v) is 31.7. The molecule has 1 aliphatic heterocycles. The van der Waals surface area contributed by atoms with Gasteiger partial charge in [0, 0.05) is 10.2 Å². The Morgan fingerprint density at radius 3 is 2.26 bits per heavy atom. The molecule has 4 aromatic carbocycles. The van der Waals surface area contributed by atoms with Crippen LogP contribution in [0, 0.1) is 3.57 Å². The third-order valence-electron chi connectivity index (χ3n) is 7.49. The van der Waals surface area contributed by atoms with Crippen LogP contribution >= 0.6 is 50.3 Å². The Kier molecular flexibility index (Phi) is 13.2. The number of hydrogen-bond acceptors (Lipinski definition) is 5. The molecule has 10 heteroatoms. The van der Waals surface area contributed by atoms with Crippen molar-refractivity contribution in [1.29, 1.82) is 0 Å². The minimum atomic E-state index is -0.686. The molecule has 1 heterocycles. The van der Waals surface area contributed by atoms with Crippen molar-refractivity contribution >= 4 is 79.2 Å². The third-order valence-corrected chi connectivity index (χ3v) is 9.80. The van der Waals surface area contributed by atoms with Gasteiger partial charge in [-0.1, -0.05) is 131 Å². The molecule has 0 saturated heterocycles. The van der Waals surface area contributed by atoms with E-state index in [0.29, 0.717) is 23.6 Å². The maximum atomic E-state index is 14.1. The summed E-state index contributed by atoms with van der Waals surface area (Å²) in [6.07, 6.45) is 8.26. The maximum absolute atomic E-state index is 14.1. The molecule has 1 aliphatic rings. The molecule has 0 radical (unpaired) electrons. The quantitative estimate of drug-likeness (QED) is 0.0666. The molecule has 5 rings (SSSR count). The molecule has 0 saturated carbocycles. The van der Waals surface area contributed by atoms with Crippen molar-refractivity contribution in [2.24, 2.45) is 4.99 Å². The molecule has 4 aromatic rings. The Balaban J connectivity index is 1.36. The van der Waals surface area contributed by atoms with Crippen molar-refractivity contribution in [3.05, 3.63) is 176 Å². The zero-order valence-electron chi connectivity index (χ0n) is 27.1. The van der Waals surface area contributed by atoms with E-state index in [1.807, 2.05) is 97.1 Å². The summed E-state index contributed by atoms with van der Waals surface area (Å²) >= 11 is 6.64. The normalized spacial score (nSPS) is 14.3. The first-order valence-electron chi connectivity index (χ1n) is 15.6. The number of amides is 3. The van der Waals surface area contributed by atoms with E-state index in [9.17, 15) is 14.4 Å². The molecular formula is C40H33BrIN3O4S. The number of allylic oxidation sites excluding steroid dienone is 4. The van der Waals surface area contributed by atoms with Crippen LogP contribution < -0.4 is 10.1 Å². The second kappa shape index (κ2) is 17.9. The SMILES string of the molecule is C=C/C=C\C(=C/C)N1C(=O)/C(=C/c2ccc(OCc3ccc(Br)cc3)c(I)c2)C(=O)N=C1SCC(=O)NC(c1ccccc1)c1ccccc1. The summed E-state index contributed by atoms with van der Waals surface area (Å²) in [4.78, 5) is 46.5. The van der Waals surface area contributed by atoms with Crippen LogP contribution in [0.5, 0.6) is 5.75 Å². The van der Waals surface area contributed by atoms with Gasteiger partial charge >= 0.3 is 0 Å². The number of rotatable bonds is 12. The fraction of sp³-hybridized carbons (Fsp3) is 0.100. The molecule has 0 fully saturated rings. The number of carbonyl (C=O) groups excluding carboxylic acids is 3. The molecule has 7 nitrogen and oxygen atoms in total. The highest BCUT2D eigenvalue weighted by molar-refractivity contribution is 14.1. The van der Waals surface area contributed by atoms with Gasteiger partial charge in [-0.2, -0.15) is 4.99 Å². The summed E-state index contributed by atoms with van der Waals surface area (Å²) in [5.41, 5.74) is 3.91. The molecule has 50 heavy (non-hydrogen) atoms. The zero-order chi connectivity index (χ0) is 35.5. The first-order chi connectivity index (χ1) is 24.3. The van der Waals surface area contributed by atoms with Crippen LogP contribution in [0.15, 0.2) is 155 Å². The van der Waals surface area contributed by atoms with Gasteiger partial charge in [-0.05, 0) is 88.2 Å². The topological polar surface area (TPSA) is 88.1 Å². The molecule has 0 bridgehead atoms. The summed E-state index contributed by atoms with van der Waals surface area (Å²) in [5, 5.41) is 3.21. The van der Waals surface area contributed by atoms with E-state index in [1.165, 1.54) is 11.0 Å². The molecule has 0 atom stereocenters. The highest BCUT2D eigenvalue weighted by atomic mass is 127. The lowest BCUT2D eigenvalue weighted by Gasteiger charge is -2.28. The van der Waals surface area contributed by atoms with Crippen LogP contribution in [-0.4, -0.2) is 33.5 Å². The average molecular weight is 859 g/mol. The summed E-state index contributed by atoms with van der Waals surface area (Å²) in [5.74, 6) is -0.910. The number of halogens is 2. The molecule has 0 aromatic heterocycles. The van der Waals surface area contributed by atoms with Gasteiger partial charge in [0.1, 0.15) is 17.9 Å². The van der Waals surface area contributed by atoms with Gasteiger partial charge in [0.25, 0.3) is 11.8 Å². The highest BCUT2D eigenvalue weighted by Gasteiger charge is 2.35. The Morgan fingerprint density at radius 2 is 1.66 bits per heavy atom. The van der Waals surface area contributed by atoms with Crippen molar-refractivity contribution < 1.29 is 19.1 Å². The number of hydrogen-bond donors (Lipinski definition) is 1. The van der Waals surface area contributed by atoms with Crippen LogP contribution in [0.1, 0.15) is 35.2 Å². The summed E-state index contributed by atoms with van der Waals surface area (Å²) in [7, 11) is 0. The number of carbonyl (C=O) groups is 3. The fourth-order valence-electron chi connectivity index (χ4n) is 5.03. The minimum absolute atomic E-state index is 0.0762. The van der Waals surface area contributed by atoms with Gasteiger partial charge in [0.2, 0.25) is 5.91 Å². The van der Waals surface area contributed by atoms with Crippen molar-refractivity contribution in [3.8, 4) is 5.75 Å². The molecule has 3 amide bonds. The smallest absolute Gasteiger partial charge is 0.285 e. The van der Waals surface area contributed by atoms with Gasteiger partial charge in [-0.3, -0.25) is 19.3 Å². The number of amidine groups is 1. The third kappa shape index (κ3) is 9.58. The van der Waals surface area contributed by atoms with Gasteiger partial charge in [0.05, 0.1) is 15.4 Å². The van der Waals surface area contributed by atoms with Crippen LogP contribution in [0.3, 0.4) is 0 Å². The lowest BCUT2D eigenvalue weighted by Crippen LogP contribution is -2.42. The van der Waals surface area contributed by atoms with Crippen molar-refractivity contribution in [2.45, 2.75) is 19.6 Å². The summed E-state index contributed by atoms with van der Waals surface area (Å²) in [6.45, 7) is 5.91. The lowest BCUT2D eigenvalue weighted by molar-refractivity contribution is -0.126. The number of nitrogens with zero attached hydrogens (tertiary/aromatic N) is 2. The van der Waals surface area contributed by atoms with Crippen molar-refractivity contribution in [2.75, 3.05) is 5.75 Å². The van der Waals surface area contributed by atoms with Crippen LogP contribution in [0.2, 0.25) is 0 Å². The minimum Gasteiger partial charge on any atom is -0.488 e. The molecule has 1 N–H and O–H groups in total. The van der Waals surface area contributed by atoms with Crippen LogP contribution in [0.4, 0.5) is 0 Å². The van der Waals surface area contributed by atoms with Gasteiger partial charge in [0.15, 0.2) is 5.17 Å². The Hall–Kier alpha value is -4.52. The van der Waals surface area contributed by atoms with Gasteiger partial charge in [-0.25, -0.2) is 0 Å². The fourth-order valence-corrected chi connectivity index (χ4v) is 6.79. The van der Waals surface area contributed by atoms with Crippen molar-refractivity contribution in [3.63, 3.8) is 0 Å². The number of aliphatic imine (C=N–C) groups is 1. The van der Waals surface area contributed by atoms with Crippen LogP contribution in [0.25, 0.3) is 6.08 Å². The predicted octanol–water partition coefficient (Wildman–Crippen LogP) is 9.03. The van der Waals surface area contributed by atoms with E-state index in [2.05, 4.69) is 55.4 Å².